The highest BCUT2D eigenvalue weighted by atomic mass is 19.1. The number of amides is 1. The third-order valence-electron chi connectivity index (χ3n) is 4.23. The van der Waals surface area contributed by atoms with Gasteiger partial charge in [0.15, 0.2) is 0 Å². The SMILES string of the molecule is O=C(c1ccncc1)N1CCCC[C@H](c2ccc(F)cc2)C1. The van der Waals surface area contributed by atoms with Gasteiger partial charge in [0.1, 0.15) is 5.82 Å². The van der Waals surface area contributed by atoms with E-state index in [2.05, 4.69) is 4.98 Å². The van der Waals surface area contributed by atoms with E-state index in [1.54, 1.807) is 24.5 Å². The van der Waals surface area contributed by atoms with E-state index in [9.17, 15) is 9.18 Å². The Morgan fingerprint density at radius 3 is 2.55 bits per heavy atom. The van der Waals surface area contributed by atoms with Crippen LogP contribution in [0.2, 0.25) is 0 Å². The first kappa shape index (κ1) is 14.7. The van der Waals surface area contributed by atoms with Gasteiger partial charge >= 0.3 is 0 Å². The van der Waals surface area contributed by atoms with Gasteiger partial charge in [-0.3, -0.25) is 9.78 Å². The molecule has 1 aliphatic rings. The van der Waals surface area contributed by atoms with Crippen molar-refractivity contribution in [2.24, 2.45) is 0 Å². The van der Waals surface area contributed by atoms with Crippen molar-refractivity contribution >= 4 is 5.91 Å². The molecule has 0 bridgehead atoms. The Bertz CT molecular complexity index is 627. The Balaban J connectivity index is 1.78. The number of aromatic nitrogens is 1. The highest BCUT2D eigenvalue weighted by Gasteiger charge is 2.23. The number of halogens is 1. The molecule has 0 radical (unpaired) electrons. The predicted molar refractivity (Wildman–Crippen MR) is 83.1 cm³/mol. The number of rotatable bonds is 2. The van der Waals surface area contributed by atoms with Crippen molar-refractivity contribution in [1.29, 1.82) is 0 Å². The average molecular weight is 298 g/mol. The van der Waals surface area contributed by atoms with Crippen molar-refractivity contribution in [3.05, 3.63) is 65.7 Å². The number of hydrogen-bond donors (Lipinski definition) is 0. The lowest BCUT2D eigenvalue weighted by atomic mass is 9.94. The highest BCUT2D eigenvalue weighted by Crippen LogP contribution is 2.27. The van der Waals surface area contributed by atoms with E-state index in [1.807, 2.05) is 17.0 Å². The largest absolute Gasteiger partial charge is 0.338 e. The van der Waals surface area contributed by atoms with Gasteiger partial charge in [-0.1, -0.05) is 18.6 Å². The van der Waals surface area contributed by atoms with Gasteiger partial charge in [-0.25, -0.2) is 4.39 Å². The van der Waals surface area contributed by atoms with E-state index in [0.29, 0.717) is 12.1 Å². The monoisotopic (exact) mass is 298 g/mol. The van der Waals surface area contributed by atoms with E-state index >= 15 is 0 Å². The van der Waals surface area contributed by atoms with E-state index in [-0.39, 0.29) is 17.6 Å². The van der Waals surface area contributed by atoms with Gasteiger partial charge in [-0.2, -0.15) is 0 Å². The normalized spacial score (nSPS) is 18.8. The molecule has 1 aromatic carbocycles. The third-order valence-corrected chi connectivity index (χ3v) is 4.23. The summed E-state index contributed by atoms with van der Waals surface area (Å²) in [6, 6.07) is 10.2. The Hall–Kier alpha value is -2.23. The van der Waals surface area contributed by atoms with Gasteiger partial charge in [0.2, 0.25) is 0 Å². The van der Waals surface area contributed by atoms with Crippen molar-refractivity contribution in [2.75, 3.05) is 13.1 Å². The molecule has 1 fully saturated rings. The molecule has 3 rings (SSSR count). The van der Waals surface area contributed by atoms with Crippen LogP contribution in [0.25, 0.3) is 0 Å². The number of hydrogen-bond acceptors (Lipinski definition) is 2. The summed E-state index contributed by atoms with van der Waals surface area (Å²) in [5.41, 5.74) is 1.78. The van der Waals surface area contributed by atoms with Crippen LogP contribution < -0.4 is 0 Å². The molecule has 1 aromatic heterocycles. The van der Waals surface area contributed by atoms with E-state index < -0.39 is 0 Å². The molecule has 0 aliphatic carbocycles. The second-order valence-corrected chi connectivity index (χ2v) is 5.73. The van der Waals surface area contributed by atoms with Crippen LogP contribution in [0.3, 0.4) is 0 Å². The summed E-state index contributed by atoms with van der Waals surface area (Å²) in [5, 5.41) is 0. The van der Waals surface area contributed by atoms with Crippen molar-refractivity contribution < 1.29 is 9.18 Å². The first-order valence-corrected chi connectivity index (χ1v) is 7.69. The fraction of sp³-hybridized carbons (Fsp3) is 0.333. The molecular weight excluding hydrogens is 279 g/mol. The summed E-state index contributed by atoms with van der Waals surface area (Å²) < 4.78 is 13.1. The first-order chi connectivity index (χ1) is 10.7. The van der Waals surface area contributed by atoms with Gasteiger partial charge in [-0.05, 0) is 42.7 Å². The van der Waals surface area contributed by atoms with Crippen molar-refractivity contribution in [2.45, 2.75) is 25.2 Å². The topological polar surface area (TPSA) is 33.2 Å². The zero-order valence-corrected chi connectivity index (χ0v) is 12.4. The van der Waals surface area contributed by atoms with Gasteiger partial charge in [0, 0.05) is 37.0 Å². The van der Waals surface area contributed by atoms with Crippen LogP contribution in [-0.4, -0.2) is 28.9 Å². The van der Waals surface area contributed by atoms with Crippen LogP contribution in [0.5, 0.6) is 0 Å². The van der Waals surface area contributed by atoms with Gasteiger partial charge < -0.3 is 4.90 Å². The molecule has 22 heavy (non-hydrogen) atoms. The molecule has 0 spiro atoms. The lowest BCUT2D eigenvalue weighted by Gasteiger charge is -2.25. The summed E-state index contributed by atoms with van der Waals surface area (Å²) in [7, 11) is 0. The number of benzene rings is 1. The molecule has 114 valence electrons. The van der Waals surface area contributed by atoms with Crippen molar-refractivity contribution in [3.63, 3.8) is 0 Å². The van der Waals surface area contributed by atoms with Crippen LogP contribution in [-0.2, 0) is 0 Å². The van der Waals surface area contributed by atoms with Crippen LogP contribution in [0.4, 0.5) is 4.39 Å². The fourth-order valence-corrected chi connectivity index (χ4v) is 3.01. The molecule has 2 aromatic rings. The summed E-state index contributed by atoms with van der Waals surface area (Å²) in [6.45, 7) is 1.46. The zero-order valence-electron chi connectivity index (χ0n) is 12.4. The second kappa shape index (κ2) is 6.69. The standard InChI is InChI=1S/C18H19FN2O/c19-17-6-4-14(5-7-17)16-3-1-2-12-21(13-16)18(22)15-8-10-20-11-9-15/h4-11,16H,1-3,12-13H2/t16-/m0/s1. The molecule has 0 N–H and O–H groups in total. The molecule has 1 atom stereocenters. The van der Waals surface area contributed by atoms with Crippen molar-refractivity contribution in [3.8, 4) is 0 Å². The van der Waals surface area contributed by atoms with Gasteiger partial charge in [0.25, 0.3) is 5.91 Å². The minimum absolute atomic E-state index is 0.0522. The Labute approximate surface area is 129 Å². The molecule has 1 amide bonds. The predicted octanol–water partition coefficient (Wildman–Crippen LogP) is 3.63. The summed E-state index contributed by atoms with van der Waals surface area (Å²) >= 11 is 0. The van der Waals surface area contributed by atoms with Crippen LogP contribution >= 0.6 is 0 Å². The van der Waals surface area contributed by atoms with Crippen LogP contribution in [0, 0.1) is 5.82 Å². The number of carbonyl (C=O) groups excluding carboxylic acids is 1. The minimum Gasteiger partial charge on any atom is -0.338 e. The quantitative estimate of drug-likeness (QED) is 0.848. The molecule has 1 aliphatic heterocycles. The van der Waals surface area contributed by atoms with Gasteiger partial charge in [-0.15, -0.1) is 0 Å². The van der Waals surface area contributed by atoms with Gasteiger partial charge in [0.05, 0.1) is 0 Å². The smallest absolute Gasteiger partial charge is 0.253 e. The number of pyridine rings is 1. The average Bonchev–Trinajstić information content (AvgIpc) is 2.82. The summed E-state index contributed by atoms with van der Waals surface area (Å²) in [4.78, 5) is 18.5. The Morgan fingerprint density at radius 1 is 1.09 bits per heavy atom. The molecule has 4 heteroatoms. The molecule has 1 saturated heterocycles. The number of nitrogens with zero attached hydrogens (tertiary/aromatic N) is 2. The van der Waals surface area contributed by atoms with Crippen LogP contribution in [0.1, 0.15) is 41.1 Å². The lowest BCUT2D eigenvalue weighted by Crippen LogP contribution is -2.34. The van der Waals surface area contributed by atoms with E-state index in [0.717, 1.165) is 31.4 Å². The molecule has 3 nitrogen and oxygen atoms in total. The first-order valence-electron chi connectivity index (χ1n) is 7.69. The molecule has 0 unspecified atom stereocenters. The molecule has 2 heterocycles. The maximum atomic E-state index is 13.1. The maximum absolute atomic E-state index is 13.1. The molecule has 0 saturated carbocycles. The Kier molecular flexibility index (Phi) is 4.47. The minimum atomic E-state index is -0.220. The number of carbonyl (C=O) groups is 1. The van der Waals surface area contributed by atoms with E-state index in [4.69, 9.17) is 0 Å². The second-order valence-electron chi connectivity index (χ2n) is 5.73. The Morgan fingerprint density at radius 2 is 1.82 bits per heavy atom. The fourth-order valence-electron chi connectivity index (χ4n) is 3.01. The summed E-state index contributed by atoms with van der Waals surface area (Å²) in [6.07, 6.45) is 6.41. The maximum Gasteiger partial charge on any atom is 0.253 e. The molecular formula is C18H19FN2O. The summed E-state index contributed by atoms with van der Waals surface area (Å²) in [5.74, 6) is 0.104. The van der Waals surface area contributed by atoms with Crippen molar-refractivity contribution in [1.82, 2.24) is 9.88 Å². The number of likely N-dealkylation sites (tertiary alicyclic amines) is 1. The van der Waals surface area contributed by atoms with E-state index in [1.165, 1.54) is 12.1 Å². The zero-order chi connectivity index (χ0) is 15.4. The highest BCUT2D eigenvalue weighted by molar-refractivity contribution is 5.94. The van der Waals surface area contributed by atoms with Crippen LogP contribution in [0.15, 0.2) is 48.8 Å². The lowest BCUT2D eigenvalue weighted by molar-refractivity contribution is 0.0754. The third kappa shape index (κ3) is 3.32.